The number of piperidine rings is 1. The molecule has 1 saturated heterocycles. The summed E-state index contributed by atoms with van der Waals surface area (Å²) in [5.41, 5.74) is 1.21. The zero-order valence-corrected chi connectivity index (χ0v) is 11.6. The molecule has 0 aromatic heterocycles. The van der Waals surface area contributed by atoms with E-state index in [1.165, 1.54) is 31.5 Å². The third-order valence-corrected chi connectivity index (χ3v) is 3.76. The Labute approximate surface area is 110 Å². The maximum atomic E-state index is 5.43. The van der Waals surface area contributed by atoms with E-state index in [1.54, 1.807) is 14.2 Å². The maximum Gasteiger partial charge on any atom is 0.123 e. The Balaban J connectivity index is 2.07. The van der Waals surface area contributed by atoms with Crippen molar-refractivity contribution in [3.8, 4) is 11.5 Å². The van der Waals surface area contributed by atoms with E-state index in [1.807, 2.05) is 12.1 Å². The van der Waals surface area contributed by atoms with E-state index in [-0.39, 0.29) is 0 Å². The fourth-order valence-corrected chi connectivity index (χ4v) is 2.47. The van der Waals surface area contributed by atoms with Gasteiger partial charge in [0.1, 0.15) is 11.5 Å². The van der Waals surface area contributed by atoms with Crippen LogP contribution in [0, 0.1) is 5.92 Å². The van der Waals surface area contributed by atoms with E-state index in [4.69, 9.17) is 9.47 Å². The SMILES string of the molecule is COc1ccc(OC)c(CN2CCC(C)CC2)c1. The monoisotopic (exact) mass is 249 g/mol. The largest absolute Gasteiger partial charge is 0.497 e. The Hall–Kier alpha value is -1.22. The summed E-state index contributed by atoms with van der Waals surface area (Å²) >= 11 is 0. The molecule has 0 saturated carbocycles. The number of nitrogens with zero attached hydrogens (tertiary/aromatic N) is 1. The Morgan fingerprint density at radius 2 is 1.89 bits per heavy atom. The van der Waals surface area contributed by atoms with Gasteiger partial charge in [0.25, 0.3) is 0 Å². The molecule has 1 aromatic rings. The molecule has 0 spiro atoms. The standard InChI is InChI=1S/C15H23NO2/c1-12-6-8-16(9-7-12)11-13-10-14(17-2)4-5-15(13)18-3/h4-5,10,12H,6-9,11H2,1-3H3. The third kappa shape index (κ3) is 3.16. The van der Waals surface area contributed by atoms with E-state index in [0.29, 0.717) is 0 Å². The van der Waals surface area contributed by atoms with Crippen LogP contribution in [0.25, 0.3) is 0 Å². The van der Waals surface area contributed by atoms with Crippen molar-refractivity contribution in [2.45, 2.75) is 26.3 Å². The maximum absolute atomic E-state index is 5.43. The molecule has 0 unspecified atom stereocenters. The Morgan fingerprint density at radius 1 is 1.17 bits per heavy atom. The molecule has 1 fully saturated rings. The van der Waals surface area contributed by atoms with Crippen molar-refractivity contribution in [3.05, 3.63) is 23.8 Å². The summed E-state index contributed by atoms with van der Waals surface area (Å²) in [7, 11) is 3.43. The minimum Gasteiger partial charge on any atom is -0.497 e. The highest BCUT2D eigenvalue weighted by molar-refractivity contribution is 5.40. The molecule has 1 aliphatic heterocycles. The molecule has 3 nitrogen and oxygen atoms in total. The van der Waals surface area contributed by atoms with Crippen molar-refractivity contribution < 1.29 is 9.47 Å². The minimum atomic E-state index is 0.869. The molecule has 0 amide bonds. The van der Waals surface area contributed by atoms with Crippen LogP contribution in [0.3, 0.4) is 0 Å². The summed E-state index contributed by atoms with van der Waals surface area (Å²) < 4.78 is 10.7. The number of ether oxygens (including phenoxy) is 2. The normalized spacial score (nSPS) is 17.7. The lowest BCUT2D eigenvalue weighted by atomic mass is 9.99. The Morgan fingerprint density at radius 3 is 2.50 bits per heavy atom. The summed E-state index contributed by atoms with van der Waals surface area (Å²) in [6, 6.07) is 6.01. The van der Waals surface area contributed by atoms with Crippen LogP contribution in [0.4, 0.5) is 0 Å². The van der Waals surface area contributed by atoms with Crippen LogP contribution >= 0.6 is 0 Å². The van der Waals surface area contributed by atoms with E-state index >= 15 is 0 Å². The first-order valence-corrected chi connectivity index (χ1v) is 6.66. The number of benzene rings is 1. The molecule has 100 valence electrons. The van der Waals surface area contributed by atoms with Gasteiger partial charge in [-0.2, -0.15) is 0 Å². The second-order valence-electron chi connectivity index (χ2n) is 5.14. The summed E-state index contributed by atoms with van der Waals surface area (Å²) in [4.78, 5) is 2.50. The molecular weight excluding hydrogens is 226 g/mol. The van der Waals surface area contributed by atoms with Crippen LogP contribution in [0.15, 0.2) is 18.2 Å². The van der Waals surface area contributed by atoms with Crippen molar-refractivity contribution in [2.24, 2.45) is 5.92 Å². The first kappa shape index (κ1) is 13.2. The zero-order valence-electron chi connectivity index (χ0n) is 11.6. The average Bonchev–Trinajstić information content (AvgIpc) is 2.41. The van der Waals surface area contributed by atoms with Crippen LogP contribution in [-0.2, 0) is 6.54 Å². The van der Waals surface area contributed by atoms with Gasteiger partial charge in [0.15, 0.2) is 0 Å². The van der Waals surface area contributed by atoms with Gasteiger partial charge in [-0.25, -0.2) is 0 Å². The zero-order chi connectivity index (χ0) is 13.0. The second kappa shape index (κ2) is 6.10. The third-order valence-electron chi connectivity index (χ3n) is 3.76. The summed E-state index contributed by atoms with van der Waals surface area (Å²) in [6.45, 7) is 5.65. The first-order chi connectivity index (χ1) is 8.72. The van der Waals surface area contributed by atoms with Gasteiger partial charge in [-0.1, -0.05) is 6.92 Å². The van der Waals surface area contributed by atoms with Crippen molar-refractivity contribution >= 4 is 0 Å². The van der Waals surface area contributed by atoms with Gasteiger partial charge in [-0.15, -0.1) is 0 Å². The van der Waals surface area contributed by atoms with Crippen molar-refractivity contribution in [1.29, 1.82) is 0 Å². The molecule has 1 aromatic carbocycles. The molecule has 1 heterocycles. The molecule has 0 radical (unpaired) electrons. The van der Waals surface area contributed by atoms with Crippen LogP contribution in [0.5, 0.6) is 11.5 Å². The van der Waals surface area contributed by atoms with Crippen LogP contribution < -0.4 is 9.47 Å². The predicted octanol–water partition coefficient (Wildman–Crippen LogP) is 2.94. The molecule has 18 heavy (non-hydrogen) atoms. The highest BCUT2D eigenvalue weighted by Gasteiger charge is 2.17. The lowest BCUT2D eigenvalue weighted by Crippen LogP contribution is -2.32. The number of rotatable bonds is 4. The fourth-order valence-electron chi connectivity index (χ4n) is 2.47. The van der Waals surface area contributed by atoms with E-state index in [9.17, 15) is 0 Å². The van der Waals surface area contributed by atoms with Crippen molar-refractivity contribution in [3.63, 3.8) is 0 Å². The highest BCUT2D eigenvalue weighted by atomic mass is 16.5. The number of methoxy groups -OCH3 is 2. The Bertz CT molecular complexity index is 384. The molecule has 3 heteroatoms. The summed E-state index contributed by atoms with van der Waals surface area (Å²) in [5.74, 6) is 2.72. The van der Waals surface area contributed by atoms with E-state index < -0.39 is 0 Å². The number of hydrogen-bond donors (Lipinski definition) is 0. The smallest absolute Gasteiger partial charge is 0.123 e. The van der Waals surface area contributed by atoms with E-state index in [2.05, 4.69) is 17.9 Å². The van der Waals surface area contributed by atoms with Crippen molar-refractivity contribution in [1.82, 2.24) is 4.90 Å². The number of hydrogen-bond acceptors (Lipinski definition) is 3. The lowest BCUT2D eigenvalue weighted by molar-refractivity contribution is 0.183. The molecule has 0 aliphatic carbocycles. The minimum absolute atomic E-state index is 0.869. The van der Waals surface area contributed by atoms with Crippen molar-refractivity contribution in [2.75, 3.05) is 27.3 Å². The van der Waals surface area contributed by atoms with Gasteiger partial charge in [0, 0.05) is 12.1 Å². The predicted molar refractivity (Wildman–Crippen MR) is 73.2 cm³/mol. The van der Waals surface area contributed by atoms with Crippen LogP contribution in [0.2, 0.25) is 0 Å². The quantitative estimate of drug-likeness (QED) is 0.819. The number of likely N-dealkylation sites (tertiary alicyclic amines) is 1. The summed E-state index contributed by atoms with van der Waals surface area (Å²) in [6.07, 6.45) is 2.60. The van der Waals surface area contributed by atoms with Gasteiger partial charge >= 0.3 is 0 Å². The molecule has 2 rings (SSSR count). The molecule has 0 bridgehead atoms. The molecule has 0 N–H and O–H groups in total. The van der Waals surface area contributed by atoms with Gasteiger partial charge in [-0.05, 0) is 50.0 Å². The molecular formula is C15H23NO2. The first-order valence-electron chi connectivity index (χ1n) is 6.66. The van der Waals surface area contributed by atoms with Gasteiger partial charge in [-0.3, -0.25) is 4.90 Å². The topological polar surface area (TPSA) is 21.7 Å². The molecule has 0 atom stereocenters. The Kier molecular flexibility index (Phi) is 4.48. The van der Waals surface area contributed by atoms with Gasteiger partial charge < -0.3 is 9.47 Å². The van der Waals surface area contributed by atoms with Crippen LogP contribution in [-0.4, -0.2) is 32.2 Å². The van der Waals surface area contributed by atoms with E-state index in [0.717, 1.165) is 24.0 Å². The molecule has 1 aliphatic rings. The average molecular weight is 249 g/mol. The van der Waals surface area contributed by atoms with Gasteiger partial charge in [0.05, 0.1) is 14.2 Å². The fraction of sp³-hybridized carbons (Fsp3) is 0.600. The summed E-state index contributed by atoms with van der Waals surface area (Å²) in [5, 5.41) is 0. The second-order valence-corrected chi connectivity index (χ2v) is 5.14. The lowest BCUT2D eigenvalue weighted by Gasteiger charge is -2.30. The van der Waals surface area contributed by atoms with Crippen LogP contribution in [0.1, 0.15) is 25.3 Å². The van der Waals surface area contributed by atoms with Gasteiger partial charge in [0.2, 0.25) is 0 Å². The highest BCUT2D eigenvalue weighted by Crippen LogP contribution is 2.27.